The lowest BCUT2D eigenvalue weighted by molar-refractivity contribution is 0.575. The SMILES string of the molecule is Cc1ccsc1NS(=O)(=O)CC1CCNC1. The second-order valence-electron chi connectivity index (χ2n) is 4.18. The van der Waals surface area contributed by atoms with Crippen molar-refractivity contribution < 1.29 is 8.42 Å². The average molecular weight is 260 g/mol. The van der Waals surface area contributed by atoms with Gasteiger partial charge in [0.05, 0.1) is 5.75 Å². The van der Waals surface area contributed by atoms with Crippen LogP contribution in [-0.2, 0) is 10.0 Å². The maximum atomic E-state index is 11.9. The van der Waals surface area contributed by atoms with Crippen molar-refractivity contribution in [3.63, 3.8) is 0 Å². The van der Waals surface area contributed by atoms with Crippen LogP contribution < -0.4 is 10.0 Å². The van der Waals surface area contributed by atoms with E-state index in [4.69, 9.17) is 0 Å². The lowest BCUT2D eigenvalue weighted by Crippen LogP contribution is -2.24. The first kappa shape index (κ1) is 11.9. The Labute approximate surface area is 100 Å². The Hall–Kier alpha value is -0.590. The van der Waals surface area contributed by atoms with E-state index in [2.05, 4.69) is 10.0 Å². The highest BCUT2D eigenvalue weighted by Crippen LogP contribution is 2.24. The summed E-state index contributed by atoms with van der Waals surface area (Å²) in [6.45, 7) is 3.65. The molecule has 1 saturated heterocycles. The van der Waals surface area contributed by atoms with Gasteiger partial charge in [-0.15, -0.1) is 11.3 Å². The molecule has 1 aromatic rings. The smallest absolute Gasteiger partial charge is 0.233 e. The fourth-order valence-electron chi connectivity index (χ4n) is 1.83. The number of sulfonamides is 1. The molecule has 6 heteroatoms. The molecule has 1 atom stereocenters. The van der Waals surface area contributed by atoms with Crippen LogP contribution in [0, 0.1) is 12.8 Å². The second-order valence-corrected chi connectivity index (χ2v) is 6.86. The highest BCUT2D eigenvalue weighted by molar-refractivity contribution is 7.92. The van der Waals surface area contributed by atoms with Gasteiger partial charge in [0.15, 0.2) is 0 Å². The fourth-order valence-corrected chi connectivity index (χ4v) is 4.49. The topological polar surface area (TPSA) is 58.2 Å². The van der Waals surface area contributed by atoms with Gasteiger partial charge < -0.3 is 5.32 Å². The summed E-state index contributed by atoms with van der Waals surface area (Å²) in [5.74, 6) is 0.468. The van der Waals surface area contributed by atoms with E-state index in [9.17, 15) is 8.42 Å². The number of nitrogens with one attached hydrogen (secondary N) is 2. The van der Waals surface area contributed by atoms with E-state index >= 15 is 0 Å². The summed E-state index contributed by atoms with van der Waals surface area (Å²) in [4.78, 5) is 0. The third-order valence-electron chi connectivity index (χ3n) is 2.73. The third kappa shape index (κ3) is 2.96. The summed E-state index contributed by atoms with van der Waals surface area (Å²) in [7, 11) is -3.19. The Morgan fingerprint density at radius 3 is 3.00 bits per heavy atom. The maximum Gasteiger partial charge on any atom is 0.233 e. The van der Waals surface area contributed by atoms with Crippen LogP contribution >= 0.6 is 11.3 Å². The van der Waals surface area contributed by atoms with Crippen molar-refractivity contribution in [3.05, 3.63) is 17.0 Å². The molecule has 0 bridgehead atoms. The van der Waals surface area contributed by atoms with Gasteiger partial charge >= 0.3 is 0 Å². The molecule has 0 spiro atoms. The average Bonchev–Trinajstić information content (AvgIpc) is 2.78. The van der Waals surface area contributed by atoms with Gasteiger partial charge in [0, 0.05) is 0 Å². The first-order valence-electron chi connectivity index (χ1n) is 5.32. The lowest BCUT2D eigenvalue weighted by atomic mass is 10.2. The zero-order valence-electron chi connectivity index (χ0n) is 9.19. The van der Waals surface area contributed by atoms with Crippen LogP contribution in [0.3, 0.4) is 0 Å². The molecule has 2 rings (SSSR count). The minimum Gasteiger partial charge on any atom is -0.316 e. The largest absolute Gasteiger partial charge is 0.316 e. The molecule has 1 aromatic heterocycles. The van der Waals surface area contributed by atoms with Crippen LogP contribution in [0.25, 0.3) is 0 Å². The minimum atomic E-state index is -3.19. The Bertz CT molecular complexity index is 447. The van der Waals surface area contributed by atoms with E-state index in [1.807, 2.05) is 18.4 Å². The quantitative estimate of drug-likeness (QED) is 0.860. The van der Waals surface area contributed by atoms with Crippen molar-refractivity contribution >= 4 is 26.4 Å². The normalized spacial score (nSPS) is 21.2. The fraction of sp³-hybridized carbons (Fsp3) is 0.600. The predicted molar refractivity (Wildman–Crippen MR) is 67.4 cm³/mol. The van der Waals surface area contributed by atoms with Gasteiger partial charge in [-0.2, -0.15) is 0 Å². The molecule has 1 aliphatic rings. The second kappa shape index (κ2) is 4.73. The molecule has 1 fully saturated rings. The van der Waals surface area contributed by atoms with Gasteiger partial charge in [-0.1, -0.05) is 0 Å². The molecule has 0 aliphatic carbocycles. The zero-order valence-corrected chi connectivity index (χ0v) is 10.8. The number of hydrogen-bond donors (Lipinski definition) is 2. The van der Waals surface area contributed by atoms with E-state index in [1.54, 1.807) is 0 Å². The van der Waals surface area contributed by atoms with Crippen molar-refractivity contribution in [1.82, 2.24) is 5.32 Å². The Balaban J connectivity index is 2.00. The summed E-state index contributed by atoms with van der Waals surface area (Å²) in [5.41, 5.74) is 0.984. The Morgan fingerprint density at radius 1 is 1.62 bits per heavy atom. The molecule has 90 valence electrons. The van der Waals surface area contributed by atoms with Gasteiger partial charge in [0.25, 0.3) is 0 Å². The predicted octanol–water partition coefficient (Wildman–Crippen LogP) is 1.41. The van der Waals surface area contributed by atoms with E-state index < -0.39 is 10.0 Å². The van der Waals surface area contributed by atoms with Gasteiger partial charge in [-0.05, 0) is 49.4 Å². The summed E-state index contributed by atoms with van der Waals surface area (Å²) in [5, 5.41) is 5.81. The standard InChI is InChI=1S/C10H16N2O2S2/c1-8-3-5-15-10(8)12-16(13,14)7-9-2-4-11-6-9/h3,5,9,11-12H,2,4,6-7H2,1H3. The molecule has 0 aromatic carbocycles. The molecular weight excluding hydrogens is 244 g/mol. The summed E-state index contributed by atoms with van der Waals surface area (Å²) >= 11 is 1.43. The lowest BCUT2D eigenvalue weighted by Gasteiger charge is -2.10. The zero-order chi connectivity index (χ0) is 11.6. The minimum absolute atomic E-state index is 0.220. The summed E-state index contributed by atoms with van der Waals surface area (Å²) in [6.07, 6.45) is 0.949. The molecule has 1 aliphatic heterocycles. The monoisotopic (exact) mass is 260 g/mol. The van der Waals surface area contributed by atoms with Gasteiger partial charge in [-0.3, -0.25) is 4.72 Å². The van der Waals surface area contributed by atoms with Crippen LogP contribution in [0.5, 0.6) is 0 Å². The first-order valence-corrected chi connectivity index (χ1v) is 7.85. The van der Waals surface area contributed by atoms with Crippen molar-refractivity contribution in [2.45, 2.75) is 13.3 Å². The van der Waals surface area contributed by atoms with Crippen LogP contribution in [0.1, 0.15) is 12.0 Å². The number of rotatable bonds is 4. The van der Waals surface area contributed by atoms with Crippen LogP contribution in [0.2, 0.25) is 0 Å². The van der Waals surface area contributed by atoms with Crippen LogP contribution in [0.4, 0.5) is 5.00 Å². The van der Waals surface area contributed by atoms with Crippen LogP contribution in [-0.4, -0.2) is 27.3 Å². The van der Waals surface area contributed by atoms with Crippen molar-refractivity contribution in [2.75, 3.05) is 23.6 Å². The van der Waals surface area contributed by atoms with Gasteiger partial charge in [-0.25, -0.2) is 8.42 Å². The summed E-state index contributed by atoms with van der Waals surface area (Å²) < 4.78 is 26.4. The third-order valence-corrected chi connectivity index (χ3v) is 5.21. The van der Waals surface area contributed by atoms with Gasteiger partial charge in [0.1, 0.15) is 5.00 Å². The van der Waals surface area contributed by atoms with Crippen molar-refractivity contribution in [3.8, 4) is 0 Å². The first-order chi connectivity index (χ1) is 7.57. The van der Waals surface area contributed by atoms with E-state index in [0.717, 1.165) is 30.1 Å². The molecule has 16 heavy (non-hydrogen) atoms. The maximum absolute atomic E-state index is 11.9. The molecule has 0 saturated carbocycles. The van der Waals surface area contributed by atoms with Gasteiger partial charge in [0.2, 0.25) is 10.0 Å². The van der Waals surface area contributed by atoms with E-state index in [0.29, 0.717) is 0 Å². The molecule has 0 amide bonds. The van der Waals surface area contributed by atoms with Crippen molar-refractivity contribution in [1.29, 1.82) is 0 Å². The molecule has 0 radical (unpaired) electrons. The molecule has 4 nitrogen and oxygen atoms in total. The highest BCUT2D eigenvalue weighted by Gasteiger charge is 2.22. The molecular formula is C10H16N2O2S2. The number of anilines is 1. The van der Waals surface area contributed by atoms with E-state index in [-0.39, 0.29) is 11.7 Å². The number of hydrogen-bond acceptors (Lipinski definition) is 4. The number of aryl methyl sites for hydroxylation is 1. The molecule has 1 unspecified atom stereocenters. The van der Waals surface area contributed by atoms with Crippen molar-refractivity contribution in [2.24, 2.45) is 5.92 Å². The highest BCUT2D eigenvalue weighted by atomic mass is 32.2. The summed E-state index contributed by atoms with van der Waals surface area (Å²) in [6, 6.07) is 1.92. The molecule has 2 N–H and O–H groups in total. The van der Waals surface area contributed by atoms with Crippen LogP contribution in [0.15, 0.2) is 11.4 Å². The molecule has 2 heterocycles. The Kier molecular flexibility index (Phi) is 3.51. The van der Waals surface area contributed by atoms with E-state index in [1.165, 1.54) is 11.3 Å². The number of thiophene rings is 1. The Morgan fingerprint density at radius 2 is 2.44 bits per heavy atom.